The Labute approximate surface area is 190 Å². The van der Waals surface area contributed by atoms with Gasteiger partial charge in [0.05, 0.1) is 31.6 Å². The van der Waals surface area contributed by atoms with Gasteiger partial charge in [0.2, 0.25) is 0 Å². The molecule has 168 valence electrons. The summed E-state index contributed by atoms with van der Waals surface area (Å²) in [6.45, 7) is 1.50. The number of nitrogens with one attached hydrogen (secondary N) is 1. The molecule has 0 radical (unpaired) electrons. The molecule has 2 heterocycles. The minimum Gasteiger partial charge on any atom is -0.497 e. The maximum absolute atomic E-state index is 13.0. The van der Waals surface area contributed by atoms with E-state index in [-0.39, 0.29) is 5.56 Å². The second kappa shape index (κ2) is 9.44. The van der Waals surface area contributed by atoms with Gasteiger partial charge in [-0.3, -0.25) is 4.79 Å². The van der Waals surface area contributed by atoms with Crippen molar-refractivity contribution in [2.45, 2.75) is 13.0 Å². The standard InChI is InChI=1S/C25H22N2O6/c1-15(24(28)26-16-11-17(30-2)13-18(12-16)31-3)33-25(29)20-14-22(23-9-6-10-32-23)27-21-8-5-4-7-19(20)21/h4-15H,1-3H3,(H,26,28). The maximum atomic E-state index is 13.0. The molecule has 4 rings (SSSR count). The van der Waals surface area contributed by atoms with Gasteiger partial charge in [0.25, 0.3) is 5.91 Å². The summed E-state index contributed by atoms with van der Waals surface area (Å²) < 4.78 is 21.3. The molecule has 2 aromatic carbocycles. The van der Waals surface area contributed by atoms with Crippen LogP contribution in [0.3, 0.4) is 0 Å². The number of fused-ring (bicyclic) bond motifs is 1. The van der Waals surface area contributed by atoms with Crippen LogP contribution >= 0.6 is 0 Å². The summed E-state index contributed by atoms with van der Waals surface area (Å²) in [6, 6.07) is 17.3. The van der Waals surface area contributed by atoms with Crippen molar-refractivity contribution in [3.05, 3.63) is 72.5 Å². The van der Waals surface area contributed by atoms with Crippen molar-refractivity contribution < 1.29 is 28.2 Å². The Bertz CT molecular complexity index is 1280. The van der Waals surface area contributed by atoms with Crippen LogP contribution in [-0.2, 0) is 9.53 Å². The van der Waals surface area contributed by atoms with Gasteiger partial charge >= 0.3 is 5.97 Å². The molecule has 0 aliphatic carbocycles. The Hall–Kier alpha value is -4.33. The second-order valence-corrected chi connectivity index (χ2v) is 7.19. The van der Waals surface area contributed by atoms with Gasteiger partial charge < -0.3 is 23.9 Å². The van der Waals surface area contributed by atoms with E-state index in [1.54, 1.807) is 54.6 Å². The van der Waals surface area contributed by atoms with Gasteiger partial charge in [-0.2, -0.15) is 0 Å². The van der Waals surface area contributed by atoms with Crippen LogP contribution in [0.15, 0.2) is 71.3 Å². The van der Waals surface area contributed by atoms with Crippen molar-refractivity contribution in [3.63, 3.8) is 0 Å². The summed E-state index contributed by atoms with van der Waals surface area (Å²) in [4.78, 5) is 30.3. The van der Waals surface area contributed by atoms with Crippen molar-refractivity contribution in [1.82, 2.24) is 4.98 Å². The van der Waals surface area contributed by atoms with E-state index in [1.165, 1.54) is 27.4 Å². The van der Waals surface area contributed by atoms with Gasteiger partial charge in [0.15, 0.2) is 11.9 Å². The molecular weight excluding hydrogens is 424 g/mol. The summed E-state index contributed by atoms with van der Waals surface area (Å²) >= 11 is 0. The summed E-state index contributed by atoms with van der Waals surface area (Å²) in [5, 5.41) is 3.33. The molecule has 1 unspecified atom stereocenters. The SMILES string of the molecule is COc1cc(NC(=O)C(C)OC(=O)c2cc(-c3ccco3)nc3ccccc23)cc(OC)c1. The van der Waals surface area contributed by atoms with Crippen LogP contribution in [-0.4, -0.2) is 37.2 Å². The summed E-state index contributed by atoms with van der Waals surface area (Å²) in [5.74, 6) is 0.411. The normalized spacial score (nSPS) is 11.6. The summed E-state index contributed by atoms with van der Waals surface area (Å²) in [5.41, 5.74) is 1.84. The van der Waals surface area contributed by atoms with Gasteiger partial charge in [-0.05, 0) is 31.2 Å². The summed E-state index contributed by atoms with van der Waals surface area (Å²) in [7, 11) is 3.03. The van der Waals surface area contributed by atoms with Crippen LogP contribution < -0.4 is 14.8 Å². The van der Waals surface area contributed by atoms with E-state index >= 15 is 0 Å². The van der Waals surface area contributed by atoms with E-state index in [2.05, 4.69) is 10.3 Å². The van der Waals surface area contributed by atoms with Crippen LogP contribution in [0.2, 0.25) is 0 Å². The number of ether oxygens (including phenoxy) is 3. The molecule has 8 nitrogen and oxygen atoms in total. The van der Waals surface area contributed by atoms with Crippen molar-refractivity contribution in [3.8, 4) is 23.0 Å². The number of esters is 1. The quantitative estimate of drug-likeness (QED) is 0.411. The minimum absolute atomic E-state index is 0.287. The number of aromatic nitrogens is 1. The third-order valence-corrected chi connectivity index (χ3v) is 4.98. The number of methoxy groups -OCH3 is 2. The molecule has 1 N–H and O–H groups in total. The van der Waals surface area contributed by atoms with Crippen LogP contribution in [0.1, 0.15) is 17.3 Å². The molecule has 8 heteroatoms. The fourth-order valence-corrected chi connectivity index (χ4v) is 3.30. The smallest absolute Gasteiger partial charge is 0.339 e. The van der Waals surface area contributed by atoms with Crippen molar-refractivity contribution in [2.24, 2.45) is 0 Å². The highest BCUT2D eigenvalue weighted by atomic mass is 16.5. The topological polar surface area (TPSA) is 99.9 Å². The fourth-order valence-electron chi connectivity index (χ4n) is 3.30. The molecule has 1 amide bonds. The average Bonchev–Trinajstić information content (AvgIpc) is 3.38. The van der Waals surface area contributed by atoms with E-state index in [0.29, 0.717) is 39.5 Å². The van der Waals surface area contributed by atoms with Crippen LogP contribution in [0.5, 0.6) is 11.5 Å². The number of amides is 1. The zero-order valence-corrected chi connectivity index (χ0v) is 18.3. The van der Waals surface area contributed by atoms with Crippen molar-refractivity contribution >= 4 is 28.5 Å². The van der Waals surface area contributed by atoms with E-state index < -0.39 is 18.0 Å². The third kappa shape index (κ3) is 4.79. The fraction of sp³-hybridized carbons (Fsp3) is 0.160. The molecule has 0 spiro atoms. The Kier molecular flexibility index (Phi) is 6.26. The Morgan fingerprint density at radius 2 is 1.70 bits per heavy atom. The average molecular weight is 446 g/mol. The number of anilines is 1. The van der Waals surface area contributed by atoms with E-state index in [4.69, 9.17) is 18.6 Å². The summed E-state index contributed by atoms with van der Waals surface area (Å²) in [6.07, 6.45) is 0.471. The molecule has 4 aromatic rings. The lowest BCUT2D eigenvalue weighted by Gasteiger charge is -2.16. The predicted molar refractivity (Wildman–Crippen MR) is 122 cm³/mol. The highest BCUT2D eigenvalue weighted by Gasteiger charge is 2.22. The number of nitrogens with zero attached hydrogens (tertiary/aromatic N) is 1. The Balaban J connectivity index is 1.56. The van der Waals surface area contributed by atoms with Gasteiger partial charge in [-0.25, -0.2) is 9.78 Å². The number of hydrogen-bond donors (Lipinski definition) is 1. The first-order chi connectivity index (χ1) is 16.0. The molecule has 0 aliphatic heterocycles. The minimum atomic E-state index is -1.06. The molecule has 0 fully saturated rings. The lowest BCUT2D eigenvalue weighted by molar-refractivity contribution is -0.123. The molecule has 33 heavy (non-hydrogen) atoms. The number of carbonyl (C=O) groups excluding carboxylic acids is 2. The molecule has 1 atom stereocenters. The number of para-hydroxylation sites is 1. The van der Waals surface area contributed by atoms with Crippen LogP contribution in [0.4, 0.5) is 5.69 Å². The van der Waals surface area contributed by atoms with E-state index in [0.717, 1.165) is 0 Å². The molecule has 0 saturated heterocycles. The largest absolute Gasteiger partial charge is 0.497 e. The first kappa shape index (κ1) is 21.9. The first-order valence-electron chi connectivity index (χ1n) is 10.2. The number of benzene rings is 2. The maximum Gasteiger partial charge on any atom is 0.339 e. The third-order valence-electron chi connectivity index (χ3n) is 4.98. The van der Waals surface area contributed by atoms with E-state index in [1.807, 2.05) is 6.07 Å². The Morgan fingerprint density at radius 1 is 0.970 bits per heavy atom. The molecule has 0 aliphatic rings. The molecular formula is C25H22N2O6. The highest BCUT2D eigenvalue weighted by Crippen LogP contribution is 2.27. The number of furan rings is 1. The zero-order chi connectivity index (χ0) is 23.4. The zero-order valence-electron chi connectivity index (χ0n) is 18.3. The van der Waals surface area contributed by atoms with E-state index in [9.17, 15) is 9.59 Å². The first-order valence-corrected chi connectivity index (χ1v) is 10.2. The van der Waals surface area contributed by atoms with Crippen LogP contribution in [0, 0.1) is 0 Å². The highest BCUT2D eigenvalue weighted by molar-refractivity contribution is 6.05. The number of rotatable bonds is 7. The van der Waals surface area contributed by atoms with Gasteiger partial charge in [-0.1, -0.05) is 18.2 Å². The monoisotopic (exact) mass is 446 g/mol. The Morgan fingerprint density at radius 3 is 2.36 bits per heavy atom. The van der Waals surface area contributed by atoms with Crippen molar-refractivity contribution in [2.75, 3.05) is 19.5 Å². The van der Waals surface area contributed by atoms with Gasteiger partial charge in [0, 0.05) is 29.3 Å². The number of pyridine rings is 1. The second-order valence-electron chi connectivity index (χ2n) is 7.19. The number of carbonyl (C=O) groups is 2. The van der Waals surface area contributed by atoms with Gasteiger partial charge in [0.1, 0.15) is 17.2 Å². The van der Waals surface area contributed by atoms with Gasteiger partial charge in [-0.15, -0.1) is 0 Å². The number of hydrogen-bond acceptors (Lipinski definition) is 7. The van der Waals surface area contributed by atoms with Crippen LogP contribution in [0.25, 0.3) is 22.4 Å². The lowest BCUT2D eigenvalue weighted by Crippen LogP contribution is -2.30. The molecule has 0 bridgehead atoms. The lowest BCUT2D eigenvalue weighted by atomic mass is 10.1. The predicted octanol–water partition coefficient (Wildman–Crippen LogP) is 4.70. The molecule has 2 aromatic heterocycles. The van der Waals surface area contributed by atoms with Crippen molar-refractivity contribution in [1.29, 1.82) is 0 Å². The molecule has 0 saturated carbocycles.